The number of hydrogen-bond acceptors (Lipinski definition) is 5. The van der Waals surface area contributed by atoms with Gasteiger partial charge < -0.3 is 15.8 Å². The predicted molar refractivity (Wildman–Crippen MR) is 101 cm³/mol. The Balaban J connectivity index is 1.82. The van der Waals surface area contributed by atoms with Crippen molar-refractivity contribution in [2.45, 2.75) is 24.6 Å². The van der Waals surface area contributed by atoms with Gasteiger partial charge in [-0.05, 0) is 30.7 Å². The molecule has 2 aromatic rings. The molecule has 1 aromatic heterocycles. The second-order valence-corrected chi connectivity index (χ2v) is 6.52. The van der Waals surface area contributed by atoms with Gasteiger partial charge in [0.2, 0.25) is 0 Å². The normalized spacial score (nSPS) is 22.6. The highest BCUT2D eigenvalue weighted by Crippen LogP contribution is 2.27. The summed E-state index contributed by atoms with van der Waals surface area (Å²) < 4.78 is 5.93. The molecule has 1 aliphatic heterocycles. The van der Waals surface area contributed by atoms with Crippen molar-refractivity contribution in [1.82, 2.24) is 10.3 Å². The highest BCUT2D eigenvalue weighted by Gasteiger charge is 2.29. The summed E-state index contributed by atoms with van der Waals surface area (Å²) >= 11 is 6.11. The van der Waals surface area contributed by atoms with E-state index in [4.69, 9.17) is 27.5 Å². The van der Waals surface area contributed by atoms with Gasteiger partial charge in [-0.3, -0.25) is 20.5 Å². The summed E-state index contributed by atoms with van der Waals surface area (Å²) in [7, 11) is 0. The van der Waals surface area contributed by atoms with Crippen LogP contribution in [0.2, 0.25) is 0 Å². The summed E-state index contributed by atoms with van der Waals surface area (Å²) in [6, 6.07) is 8.59. The smallest absolute Gasteiger partial charge is 0.257 e. The molecule has 1 aliphatic rings. The van der Waals surface area contributed by atoms with E-state index in [-0.39, 0.29) is 29.5 Å². The number of amides is 1. The number of carbonyl (C=O) groups excluding carboxylic acids is 1. The minimum Gasteiger partial charge on any atom is -0.384 e. The van der Waals surface area contributed by atoms with Crippen LogP contribution in [-0.2, 0) is 4.74 Å². The van der Waals surface area contributed by atoms with E-state index in [2.05, 4.69) is 15.6 Å². The molecule has 136 valence electrons. The number of pyridine rings is 1. The van der Waals surface area contributed by atoms with Crippen LogP contribution in [0.5, 0.6) is 0 Å². The van der Waals surface area contributed by atoms with Crippen molar-refractivity contribution >= 4 is 29.0 Å². The standard InChI is InChI=1S/C18H20ClN5O2/c1-10-16(19)23-9-15(26-10)13-5-6-22-8-14(13)18(25)24-12-4-2-3-11(7-12)17(20)21/h2-8,10,15-16,23H,9H2,1H3,(H3,20,21)(H,24,25). The van der Waals surface area contributed by atoms with Crippen LogP contribution in [-0.4, -0.2) is 34.9 Å². The molecule has 5 N–H and O–H groups in total. The van der Waals surface area contributed by atoms with Crippen LogP contribution in [0.1, 0.15) is 34.5 Å². The molecule has 0 aliphatic carbocycles. The van der Waals surface area contributed by atoms with E-state index in [0.29, 0.717) is 23.4 Å². The highest BCUT2D eigenvalue weighted by molar-refractivity contribution is 6.20. The van der Waals surface area contributed by atoms with Crippen LogP contribution in [0, 0.1) is 5.41 Å². The number of rotatable bonds is 4. The van der Waals surface area contributed by atoms with Gasteiger partial charge in [-0.2, -0.15) is 0 Å². The lowest BCUT2D eigenvalue weighted by atomic mass is 10.0. The van der Waals surface area contributed by atoms with Crippen molar-refractivity contribution < 1.29 is 9.53 Å². The van der Waals surface area contributed by atoms with E-state index in [1.807, 2.05) is 6.92 Å². The fraction of sp³-hybridized carbons (Fsp3) is 0.278. The van der Waals surface area contributed by atoms with Gasteiger partial charge in [0.25, 0.3) is 5.91 Å². The Morgan fingerprint density at radius 1 is 1.46 bits per heavy atom. The van der Waals surface area contributed by atoms with E-state index >= 15 is 0 Å². The van der Waals surface area contributed by atoms with Crippen LogP contribution in [0.3, 0.4) is 0 Å². The molecule has 1 amide bonds. The van der Waals surface area contributed by atoms with E-state index in [1.165, 1.54) is 6.20 Å². The second-order valence-electron chi connectivity index (χ2n) is 6.05. The Hall–Kier alpha value is -2.48. The number of nitrogen functional groups attached to an aromatic ring is 1. The molecule has 0 spiro atoms. The molecule has 1 aromatic carbocycles. The van der Waals surface area contributed by atoms with Crippen molar-refractivity contribution in [3.63, 3.8) is 0 Å². The summed E-state index contributed by atoms with van der Waals surface area (Å²) in [6.07, 6.45) is 2.66. The Morgan fingerprint density at radius 2 is 2.27 bits per heavy atom. The van der Waals surface area contributed by atoms with Crippen molar-refractivity contribution in [2.24, 2.45) is 5.73 Å². The van der Waals surface area contributed by atoms with E-state index < -0.39 is 0 Å². The van der Waals surface area contributed by atoms with Crippen LogP contribution in [0.4, 0.5) is 5.69 Å². The van der Waals surface area contributed by atoms with Crippen LogP contribution >= 0.6 is 11.6 Å². The number of morpholine rings is 1. The first kappa shape index (κ1) is 18.3. The Morgan fingerprint density at radius 3 is 3.00 bits per heavy atom. The number of ether oxygens (including phenoxy) is 1. The highest BCUT2D eigenvalue weighted by atomic mass is 35.5. The zero-order chi connectivity index (χ0) is 18.7. The van der Waals surface area contributed by atoms with Gasteiger partial charge in [-0.15, -0.1) is 11.6 Å². The third-order valence-corrected chi connectivity index (χ3v) is 4.68. The Kier molecular flexibility index (Phi) is 5.51. The molecule has 26 heavy (non-hydrogen) atoms. The first-order valence-electron chi connectivity index (χ1n) is 8.18. The maximum absolute atomic E-state index is 12.8. The molecule has 1 fully saturated rings. The molecule has 1 saturated heterocycles. The zero-order valence-corrected chi connectivity index (χ0v) is 15.0. The first-order chi connectivity index (χ1) is 12.5. The number of nitrogens with two attached hydrogens (primary N) is 1. The van der Waals surface area contributed by atoms with Crippen LogP contribution in [0.15, 0.2) is 42.7 Å². The lowest BCUT2D eigenvalue weighted by Crippen LogP contribution is -2.45. The number of hydrogen-bond donors (Lipinski definition) is 4. The molecule has 0 radical (unpaired) electrons. The summed E-state index contributed by atoms with van der Waals surface area (Å²) in [5, 5.41) is 13.5. The van der Waals surface area contributed by atoms with Gasteiger partial charge in [0.05, 0.1) is 17.8 Å². The molecule has 0 bridgehead atoms. The van der Waals surface area contributed by atoms with Gasteiger partial charge in [0.1, 0.15) is 11.3 Å². The minimum atomic E-state index is -0.307. The van der Waals surface area contributed by atoms with Gasteiger partial charge in [-0.1, -0.05) is 12.1 Å². The lowest BCUT2D eigenvalue weighted by Gasteiger charge is -2.33. The Bertz CT molecular complexity index is 829. The molecule has 8 heteroatoms. The monoisotopic (exact) mass is 373 g/mol. The molecule has 3 atom stereocenters. The predicted octanol–water partition coefficient (Wildman–Crippen LogP) is 2.23. The average molecular weight is 374 g/mol. The third kappa shape index (κ3) is 4.01. The van der Waals surface area contributed by atoms with Crippen molar-refractivity contribution in [2.75, 3.05) is 11.9 Å². The number of nitrogens with one attached hydrogen (secondary N) is 3. The number of anilines is 1. The average Bonchev–Trinajstić information content (AvgIpc) is 2.64. The molecule has 0 saturated carbocycles. The maximum Gasteiger partial charge on any atom is 0.257 e. The lowest BCUT2D eigenvalue weighted by molar-refractivity contribution is -0.0382. The summed E-state index contributed by atoms with van der Waals surface area (Å²) in [5.74, 6) is -0.368. The van der Waals surface area contributed by atoms with E-state index in [1.54, 1.807) is 36.5 Å². The molecule has 2 heterocycles. The van der Waals surface area contributed by atoms with Gasteiger partial charge >= 0.3 is 0 Å². The third-order valence-electron chi connectivity index (χ3n) is 4.17. The van der Waals surface area contributed by atoms with Crippen molar-refractivity contribution in [3.05, 3.63) is 59.4 Å². The largest absolute Gasteiger partial charge is 0.384 e. The van der Waals surface area contributed by atoms with Gasteiger partial charge in [-0.25, -0.2) is 0 Å². The number of nitrogens with zero attached hydrogens (tertiary/aromatic N) is 1. The van der Waals surface area contributed by atoms with E-state index in [0.717, 1.165) is 5.56 Å². The number of amidine groups is 1. The zero-order valence-electron chi connectivity index (χ0n) is 14.2. The quantitative estimate of drug-likeness (QED) is 0.284. The molecular formula is C18H20ClN5O2. The number of carbonyl (C=O) groups is 1. The Labute approximate surface area is 156 Å². The number of aromatic nitrogens is 1. The minimum absolute atomic E-state index is 0.0607. The molecule has 3 rings (SSSR count). The van der Waals surface area contributed by atoms with Gasteiger partial charge in [0, 0.05) is 30.2 Å². The topological polar surface area (TPSA) is 113 Å². The number of benzene rings is 1. The van der Waals surface area contributed by atoms with Crippen LogP contribution < -0.4 is 16.4 Å². The number of halogens is 1. The fourth-order valence-corrected chi connectivity index (χ4v) is 2.93. The number of alkyl halides is 1. The van der Waals surface area contributed by atoms with E-state index in [9.17, 15) is 4.79 Å². The van der Waals surface area contributed by atoms with Crippen molar-refractivity contribution in [3.8, 4) is 0 Å². The summed E-state index contributed by atoms with van der Waals surface area (Å²) in [5.41, 5.74) is 7.48. The van der Waals surface area contributed by atoms with Crippen molar-refractivity contribution in [1.29, 1.82) is 5.41 Å². The fourth-order valence-electron chi connectivity index (χ4n) is 2.78. The molecule has 3 unspecified atom stereocenters. The van der Waals surface area contributed by atoms with Crippen LogP contribution in [0.25, 0.3) is 0 Å². The second kappa shape index (κ2) is 7.82. The summed E-state index contributed by atoms with van der Waals surface area (Å²) in [4.78, 5) is 16.8. The van der Waals surface area contributed by atoms with Gasteiger partial charge in [0.15, 0.2) is 0 Å². The maximum atomic E-state index is 12.8. The molecular weight excluding hydrogens is 354 g/mol. The molecule has 7 nitrogen and oxygen atoms in total. The first-order valence-corrected chi connectivity index (χ1v) is 8.62. The SMILES string of the molecule is CC1OC(c2ccncc2C(=O)Nc2cccc(C(=N)N)c2)CNC1Cl. The summed E-state index contributed by atoms with van der Waals surface area (Å²) in [6.45, 7) is 2.38.